The Balaban J connectivity index is 1.52. The summed E-state index contributed by atoms with van der Waals surface area (Å²) in [6.07, 6.45) is 1.20. The van der Waals surface area contributed by atoms with E-state index in [1.54, 1.807) is 12.1 Å². The Hall–Kier alpha value is -2.61. The first-order valence-corrected chi connectivity index (χ1v) is 12.7. The summed E-state index contributed by atoms with van der Waals surface area (Å²) in [6, 6.07) is 7.42. The van der Waals surface area contributed by atoms with Crippen LogP contribution in [0.3, 0.4) is 0 Å². The summed E-state index contributed by atoms with van der Waals surface area (Å²) in [4.78, 5) is 20.1. The van der Waals surface area contributed by atoms with Gasteiger partial charge in [-0.1, -0.05) is 49.2 Å². The van der Waals surface area contributed by atoms with Crippen molar-refractivity contribution in [1.29, 1.82) is 0 Å². The van der Waals surface area contributed by atoms with E-state index in [9.17, 15) is 18.0 Å². The Kier molecular flexibility index (Phi) is 5.36. The van der Waals surface area contributed by atoms with Crippen molar-refractivity contribution < 1.29 is 18.0 Å². The minimum absolute atomic E-state index is 0.0704. The van der Waals surface area contributed by atoms with Crippen LogP contribution in [0.25, 0.3) is 16.9 Å². The fourth-order valence-electron chi connectivity index (χ4n) is 6.60. The SMILES string of the molecule is C[C@H]1CCC[C@H]2CCCN(C(=O)c3nn4c(C(F)(F)F)c5c(nc4c3Cl)-c3ccccc3CC5)[C@@H]21. The molecule has 0 radical (unpaired) electrons. The molecular formula is C26H26ClF3N4O. The third-order valence-electron chi connectivity index (χ3n) is 8.09. The number of hydrogen-bond donors (Lipinski definition) is 0. The second-order valence-corrected chi connectivity index (χ2v) is 10.5. The maximum Gasteiger partial charge on any atom is 0.433 e. The second kappa shape index (κ2) is 8.22. The molecule has 0 N–H and O–H groups in total. The third-order valence-corrected chi connectivity index (χ3v) is 8.44. The summed E-state index contributed by atoms with van der Waals surface area (Å²) >= 11 is 6.61. The first-order valence-electron chi connectivity index (χ1n) is 12.3. The number of rotatable bonds is 1. The lowest BCUT2D eigenvalue weighted by Crippen LogP contribution is -2.53. The highest BCUT2D eigenvalue weighted by Gasteiger charge is 2.44. The van der Waals surface area contributed by atoms with Crippen LogP contribution in [0.4, 0.5) is 13.2 Å². The molecule has 0 bridgehead atoms. The van der Waals surface area contributed by atoms with Gasteiger partial charge in [0.05, 0.1) is 5.69 Å². The summed E-state index contributed by atoms with van der Waals surface area (Å²) in [5, 5.41) is 4.08. The van der Waals surface area contributed by atoms with Gasteiger partial charge < -0.3 is 4.90 Å². The Morgan fingerprint density at radius 3 is 2.69 bits per heavy atom. The van der Waals surface area contributed by atoms with Gasteiger partial charge in [0.1, 0.15) is 5.02 Å². The Bertz CT molecular complexity index is 1330. The highest BCUT2D eigenvalue weighted by Crippen LogP contribution is 2.43. The van der Waals surface area contributed by atoms with Gasteiger partial charge in [-0.05, 0) is 55.9 Å². The lowest BCUT2D eigenvalue weighted by Gasteiger charge is -2.47. The van der Waals surface area contributed by atoms with Crippen LogP contribution in [0, 0.1) is 11.8 Å². The lowest BCUT2D eigenvalue weighted by molar-refractivity contribution is -0.143. The van der Waals surface area contributed by atoms with Crippen molar-refractivity contribution in [2.24, 2.45) is 11.8 Å². The molecule has 5 nitrogen and oxygen atoms in total. The van der Waals surface area contributed by atoms with Crippen LogP contribution in [0.5, 0.6) is 0 Å². The smallest absolute Gasteiger partial charge is 0.334 e. The lowest BCUT2D eigenvalue weighted by atomic mass is 9.73. The second-order valence-electron chi connectivity index (χ2n) is 10.1. The molecule has 2 fully saturated rings. The van der Waals surface area contributed by atoms with E-state index in [1.165, 1.54) is 0 Å². The summed E-state index contributed by atoms with van der Waals surface area (Å²) in [5.41, 5.74) is 0.828. The predicted octanol–water partition coefficient (Wildman–Crippen LogP) is 6.21. The third kappa shape index (κ3) is 3.55. The molecule has 3 atom stereocenters. The van der Waals surface area contributed by atoms with Crippen LogP contribution < -0.4 is 0 Å². The first-order chi connectivity index (χ1) is 16.8. The number of likely N-dealkylation sites (tertiary alicyclic amines) is 1. The zero-order valence-electron chi connectivity index (χ0n) is 19.4. The molecule has 0 unspecified atom stereocenters. The van der Waals surface area contributed by atoms with Gasteiger partial charge in [0.15, 0.2) is 17.0 Å². The van der Waals surface area contributed by atoms with Crippen molar-refractivity contribution in [3.63, 3.8) is 0 Å². The van der Waals surface area contributed by atoms with Crippen molar-refractivity contribution in [3.05, 3.63) is 51.8 Å². The average molecular weight is 503 g/mol. The Labute approximate surface area is 206 Å². The summed E-state index contributed by atoms with van der Waals surface area (Å²) in [5.74, 6) is 0.358. The minimum Gasteiger partial charge on any atom is -0.334 e. The number of carbonyl (C=O) groups is 1. The van der Waals surface area contributed by atoms with E-state index in [4.69, 9.17) is 11.6 Å². The number of carbonyl (C=O) groups excluding carboxylic acids is 1. The van der Waals surface area contributed by atoms with E-state index < -0.39 is 17.8 Å². The molecule has 2 aliphatic carbocycles. The number of halogens is 4. The molecule has 3 heterocycles. The van der Waals surface area contributed by atoms with Crippen molar-refractivity contribution >= 4 is 23.2 Å². The van der Waals surface area contributed by atoms with Gasteiger partial charge in [0.25, 0.3) is 5.91 Å². The number of alkyl halides is 3. The molecule has 3 aromatic rings. The maximum absolute atomic E-state index is 14.4. The average Bonchev–Trinajstić information content (AvgIpc) is 3.17. The maximum atomic E-state index is 14.4. The molecule has 6 rings (SSSR count). The molecule has 1 saturated heterocycles. The van der Waals surface area contributed by atoms with Crippen LogP contribution >= 0.6 is 11.6 Å². The molecule has 2 aromatic heterocycles. The van der Waals surface area contributed by atoms with E-state index >= 15 is 0 Å². The number of benzene rings is 1. The van der Waals surface area contributed by atoms with Gasteiger partial charge in [-0.25, -0.2) is 9.50 Å². The molecule has 1 aliphatic heterocycles. The van der Waals surface area contributed by atoms with E-state index in [-0.39, 0.29) is 40.1 Å². The fraction of sp³-hybridized carbons (Fsp3) is 0.500. The van der Waals surface area contributed by atoms with Crippen molar-refractivity contribution in [1.82, 2.24) is 19.5 Å². The zero-order valence-corrected chi connectivity index (χ0v) is 20.2. The van der Waals surface area contributed by atoms with Crippen LogP contribution in [0.2, 0.25) is 5.02 Å². The number of piperidine rings is 1. The van der Waals surface area contributed by atoms with E-state index in [1.807, 2.05) is 17.0 Å². The molecular weight excluding hydrogens is 477 g/mol. The van der Waals surface area contributed by atoms with Crippen LogP contribution in [-0.2, 0) is 19.0 Å². The number of fused-ring (bicyclic) bond motifs is 5. The summed E-state index contributed by atoms with van der Waals surface area (Å²) in [7, 11) is 0. The van der Waals surface area contributed by atoms with Gasteiger partial charge in [-0.15, -0.1) is 0 Å². The van der Waals surface area contributed by atoms with Crippen molar-refractivity contribution in [2.75, 3.05) is 6.54 Å². The topological polar surface area (TPSA) is 50.5 Å². The largest absolute Gasteiger partial charge is 0.433 e. The van der Waals surface area contributed by atoms with Crippen LogP contribution in [0.1, 0.15) is 66.3 Å². The molecule has 184 valence electrons. The van der Waals surface area contributed by atoms with Crippen LogP contribution in [-0.4, -0.2) is 38.0 Å². The van der Waals surface area contributed by atoms with Gasteiger partial charge >= 0.3 is 6.18 Å². The number of amides is 1. The number of hydrogen-bond acceptors (Lipinski definition) is 3. The van der Waals surface area contributed by atoms with E-state index in [2.05, 4.69) is 17.0 Å². The van der Waals surface area contributed by atoms with E-state index in [0.29, 0.717) is 30.4 Å². The molecule has 35 heavy (non-hydrogen) atoms. The highest BCUT2D eigenvalue weighted by molar-refractivity contribution is 6.36. The molecule has 1 amide bonds. The van der Waals surface area contributed by atoms with Gasteiger partial charge in [0.2, 0.25) is 0 Å². The first kappa shape index (κ1) is 22.8. The molecule has 3 aliphatic rings. The molecule has 0 spiro atoms. The quantitative estimate of drug-likeness (QED) is 0.397. The van der Waals surface area contributed by atoms with Crippen LogP contribution in [0.15, 0.2) is 24.3 Å². The number of nitrogens with zero attached hydrogens (tertiary/aromatic N) is 4. The standard InChI is InChI=1S/C26H26ClF3N4O/c1-14-6-4-8-16-9-5-13-33(22(14)16)25(35)21-19(27)24-31-20-17-10-3-2-7-15(17)11-12-18(20)23(26(28,29)30)34(24)32-21/h2-3,7,10,14,16,22H,4-6,8-9,11-13H2,1H3/t14-,16-,22+/m0/s1. The van der Waals surface area contributed by atoms with Crippen molar-refractivity contribution in [3.8, 4) is 11.3 Å². The predicted molar refractivity (Wildman–Crippen MR) is 126 cm³/mol. The molecule has 9 heteroatoms. The molecule has 1 aromatic carbocycles. The molecule has 1 saturated carbocycles. The Morgan fingerprint density at radius 1 is 1.11 bits per heavy atom. The van der Waals surface area contributed by atoms with Crippen molar-refractivity contribution in [2.45, 2.75) is 64.1 Å². The number of aryl methyl sites for hydroxylation is 1. The summed E-state index contributed by atoms with van der Waals surface area (Å²) < 4.78 is 44.0. The normalized spacial score (nSPS) is 24.1. The highest BCUT2D eigenvalue weighted by atomic mass is 35.5. The Morgan fingerprint density at radius 2 is 1.89 bits per heavy atom. The fourth-order valence-corrected chi connectivity index (χ4v) is 6.84. The van der Waals surface area contributed by atoms with Gasteiger partial charge in [-0.3, -0.25) is 4.79 Å². The van der Waals surface area contributed by atoms with Gasteiger partial charge in [-0.2, -0.15) is 18.3 Å². The minimum atomic E-state index is -4.68. The zero-order chi connectivity index (χ0) is 24.5. The monoisotopic (exact) mass is 502 g/mol. The summed E-state index contributed by atoms with van der Waals surface area (Å²) in [6.45, 7) is 2.72. The van der Waals surface area contributed by atoms with E-state index in [0.717, 1.165) is 42.2 Å². The number of aromatic nitrogens is 3. The van der Waals surface area contributed by atoms with Gasteiger partial charge in [0, 0.05) is 23.7 Å².